The summed E-state index contributed by atoms with van der Waals surface area (Å²) in [7, 11) is 0. The van der Waals surface area contributed by atoms with Crippen molar-refractivity contribution in [3.8, 4) is 5.82 Å². The lowest BCUT2D eigenvalue weighted by atomic mass is 10.3. The average molecular weight is 359 g/mol. The maximum absolute atomic E-state index is 13.7. The largest absolute Gasteiger partial charge is 0.383 e. The SMILES string of the molecule is [C-]#[N+]c1ccc(Nc2nc(N)cc(-n3c(C)nc4ccc(F)cc43)n2)cc1. The number of imidazole rings is 1. The van der Waals surface area contributed by atoms with Crippen LogP contribution in [0.15, 0.2) is 48.5 Å². The monoisotopic (exact) mass is 359 g/mol. The highest BCUT2D eigenvalue weighted by Crippen LogP contribution is 2.24. The van der Waals surface area contributed by atoms with E-state index in [-0.39, 0.29) is 11.6 Å². The number of aryl methyl sites for hydroxylation is 1. The summed E-state index contributed by atoms with van der Waals surface area (Å²) in [6, 6.07) is 12.9. The van der Waals surface area contributed by atoms with Gasteiger partial charge in [0.25, 0.3) is 0 Å². The summed E-state index contributed by atoms with van der Waals surface area (Å²) in [6.07, 6.45) is 0. The Labute approximate surface area is 154 Å². The fraction of sp³-hybridized carbons (Fsp3) is 0.0526. The van der Waals surface area contributed by atoms with Crippen molar-refractivity contribution in [3.63, 3.8) is 0 Å². The van der Waals surface area contributed by atoms with Gasteiger partial charge in [0.2, 0.25) is 5.95 Å². The van der Waals surface area contributed by atoms with Crippen molar-refractivity contribution in [1.29, 1.82) is 0 Å². The Morgan fingerprint density at radius 2 is 1.85 bits per heavy atom. The zero-order valence-corrected chi connectivity index (χ0v) is 14.3. The van der Waals surface area contributed by atoms with Crippen LogP contribution in [0.25, 0.3) is 21.7 Å². The lowest BCUT2D eigenvalue weighted by Gasteiger charge is -2.10. The molecule has 0 aliphatic heterocycles. The second-order valence-electron chi connectivity index (χ2n) is 5.89. The molecule has 0 unspecified atom stereocenters. The molecule has 2 heterocycles. The number of halogens is 1. The van der Waals surface area contributed by atoms with Crippen molar-refractivity contribution in [1.82, 2.24) is 19.5 Å². The Bertz CT molecular complexity index is 1190. The van der Waals surface area contributed by atoms with Gasteiger partial charge in [0, 0.05) is 17.8 Å². The number of aromatic nitrogens is 4. The number of benzene rings is 2. The molecule has 2 aromatic heterocycles. The molecule has 4 aromatic rings. The molecular formula is C19H14FN7. The third-order valence-corrected chi connectivity index (χ3v) is 4.00. The number of anilines is 3. The highest BCUT2D eigenvalue weighted by molar-refractivity contribution is 5.78. The molecule has 27 heavy (non-hydrogen) atoms. The van der Waals surface area contributed by atoms with Crippen molar-refractivity contribution in [3.05, 3.63) is 71.6 Å². The van der Waals surface area contributed by atoms with Crippen LogP contribution in [0, 0.1) is 19.3 Å². The van der Waals surface area contributed by atoms with Gasteiger partial charge in [-0.2, -0.15) is 9.97 Å². The Hall–Kier alpha value is -3.99. The minimum absolute atomic E-state index is 0.262. The molecule has 0 atom stereocenters. The molecule has 0 amide bonds. The van der Waals surface area contributed by atoms with Crippen LogP contribution in [0.4, 0.5) is 27.5 Å². The zero-order chi connectivity index (χ0) is 19.0. The minimum Gasteiger partial charge on any atom is -0.383 e. The van der Waals surface area contributed by atoms with Gasteiger partial charge >= 0.3 is 0 Å². The van der Waals surface area contributed by atoms with Gasteiger partial charge in [0.1, 0.15) is 23.3 Å². The van der Waals surface area contributed by atoms with Crippen molar-refractivity contribution in [2.24, 2.45) is 0 Å². The molecule has 132 valence electrons. The predicted octanol–water partition coefficient (Wildman–Crippen LogP) is 4.14. The van der Waals surface area contributed by atoms with Crippen LogP contribution in [0.3, 0.4) is 0 Å². The Morgan fingerprint density at radius 3 is 2.59 bits per heavy atom. The summed E-state index contributed by atoms with van der Waals surface area (Å²) >= 11 is 0. The van der Waals surface area contributed by atoms with E-state index in [0.29, 0.717) is 34.3 Å². The smallest absolute Gasteiger partial charge is 0.231 e. The normalized spacial score (nSPS) is 10.7. The third kappa shape index (κ3) is 3.14. The highest BCUT2D eigenvalue weighted by Gasteiger charge is 2.13. The Balaban J connectivity index is 1.78. The van der Waals surface area contributed by atoms with Gasteiger partial charge < -0.3 is 11.1 Å². The number of nitrogen functional groups attached to an aromatic ring is 1. The molecular weight excluding hydrogens is 345 g/mol. The second kappa shape index (κ2) is 6.38. The van der Waals surface area contributed by atoms with E-state index in [1.165, 1.54) is 12.1 Å². The molecule has 0 radical (unpaired) electrons. The van der Waals surface area contributed by atoms with Crippen LogP contribution < -0.4 is 11.1 Å². The summed E-state index contributed by atoms with van der Waals surface area (Å²) in [4.78, 5) is 16.5. The molecule has 0 saturated heterocycles. The number of rotatable bonds is 3. The molecule has 0 saturated carbocycles. The fourth-order valence-corrected chi connectivity index (χ4v) is 2.83. The fourth-order valence-electron chi connectivity index (χ4n) is 2.83. The summed E-state index contributed by atoms with van der Waals surface area (Å²) in [6.45, 7) is 8.81. The van der Waals surface area contributed by atoms with Crippen molar-refractivity contribution >= 4 is 34.2 Å². The second-order valence-corrected chi connectivity index (χ2v) is 5.89. The lowest BCUT2D eigenvalue weighted by molar-refractivity contribution is 0.629. The van der Waals surface area contributed by atoms with E-state index in [4.69, 9.17) is 12.3 Å². The Kier molecular flexibility index (Phi) is 3.90. The maximum atomic E-state index is 13.7. The zero-order valence-electron chi connectivity index (χ0n) is 14.3. The van der Waals surface area contributed by atoms with Crippen molar-refractivity contribution in [2.45, 2.75) is 6.92 Å². The Morgan fingerprint density at radius 1 is 1.07 bits per heavy atom. The van der Waals surface area contributed by atoms with E-state index in [1.807, 2.05) is 6.92 Å². The summed E-state index contributed by atoms with van der Waals surface area (Å²) in [5.74, 6) is 1.33. The van der Waals surface area contributed by atoms with Gasteiger partial charge in [-0.15, -0.1) is 0 Å². The van der Waals surface area contributed by atoms with Crippen LogP contribution in [-0.4, -0.2) is 19.5 Å². The molecule has 2 aromatic carbocycles. The molecule has 0 aliphatic carbocycles. The van der Waals surface area contributed by atoms with E-state index in [0.717, 1.165) is 5.69 Å². The number of nitrogens with two attached hydrogens (primary N) is 1. The molecule has 0 bridgehead atoms. The topological polar surface area (TPSA) is 86.0 Å². The lowest BCUT2D eigenvalue weighted by Crippen LogP contribution is -2.07. The minimum atomic E-state index is -0.357. The van der Waals surface area contributed by atoms with Gasteiger partial charge in [-0.25, -0.2) is 14.2 Å². The summed E-state index contributed by atoms with van der Waals surface area (Å²) in [5.41, 5.74) is 8.47. The van der Waals surface area contributed by atoms with Gasteiger partial charge in [-0.05, 0) is 31.2 Å². The van der Waals surface area contributed by atoms with Crippen LogP contribution >= 0.6 is 0 Å². The molecule has 0 spiro atoms. The number of nitrogens with zero attached hydrogens (tertiary/aromatic N) is 5. The molecule has 8 heteroatoms. The van der Waals surface area contributed by atoms with Gasteiger partial charge in [-0.3, -0.25) is 4.57 Å². The number of fused-ring (bicyclic) bond motifs is 1. The first-order valence-electron chi connectivity index (χ1n) is 8.07. The van der Waals surface area contributed by atoms with E-state index in [1.54, 1.807) is 41.0 Å². The highest BCUT2D eigenvalue weighted by atomic mass is 19.1. The van der Waals surface area contributed by atoms with Crippen LogP contribution in [-0.2, 0) is 0 Å². The molecule has 3 N–H and O–H groups in total. The van der Waals surface area contributed by atoms with Crippen LogP contribution in [0.5, 0.6) is 0 Å². The van der Waals surface area contributed by atoms with Crippen LogP contribution in [0.2, 0.25) is 0 Å². The van der Waals surface area contributed by atoms with E-state index in [9.17, 15) is 4.39 Å². The number of hydrogen-bond donors (Lipinski definition) is 2. The predicted molar refractivity (Wildman–Crippen MR) is 102 cm³/mol. The molecule has 4 rings (SSSR count). The van der Waals surface area contributed by atoms with Crippen molar-refractivity contribution < 1.29 is 4.39 Å². The third-order valence-electron chi connectivity index (χ3n) is 4.00. The number of hydrogen-bond acceptors (Lipinski definition) is 5. The first kappa shape index (κ1) is 16.5. The average Bonchev–Trinajstić information content (AvgIpc) is 2.97. The van der Waals surface area contributed by atoms with Crippen molar-refractivity contribution in [2.75, 3.05) is 11.1 Å². The quantitative estimate of drug-likeness (QED) is 0.537. The van der Waals surface area contributed by atoms with Gasteiger partial charge in [0.05, 0.1) is 17.6 Å². The van der Waals surface area contributed by atoms with E-state index in [2.05, 4.69) is 25.1 Å². The first-order chi connectivity index (χ1) is 13.0. The summed E-state index contributed by atoms with van der Waals surface area (Å²) < 4.78 is 15.4. The standard InChI is InChI=1S/C19H14FN7/c1-11-23-15-8-3-12(20)9-16(15)27(11)18-10-17(21)25-19(26-18)24-14-6-4-13(22-2)5-7-14/h3-10H,1H3,(H3,21,24,25,26). The number of nitrogens with one attached hydrogen (secondary N) is 1. The first-order valence-corrected chi connectivity index (χ1v) is 8.07. The summed E-state index contributed by atoms with van der Waals surface area (Å²) in [5, 5.41) is 3.06. The van der Waals surface area contributed by atoms with E-state index < -0.39 is 0 Å². The van der Waals surface area contributed by atoms with Crippen LogP contribution in [0.1, 0.15) is 5.82 Å². The molecule has 0 fully saturated rings. The van der Waals surface area contributed by atoms with E-state index >= 15 is 0 Å². The maximum Gasteiger partial charge on any atom is 0.231 e. The molecule has 7 nitrogen and oxygen atoms in total. The van der Waals surface area contributed by atoms with Gasteiger partial charge in [-0.1, -0.05) is 12.1 Å². The molecule has 0 aliphatic rings. The van der Waals surface area contributed by atoms with Gasteiger partial charge in [0.15, 0.2) is 5.69 Å².